The van der Waals surface area contributed by atoms with Crippen LogP contribution in [0.2, 0.25) is 5.02 Å². The largest absolute Gasteiger partial charge is 0.465 e. The van der Waals surface area contributed by atoms with E-state index in [2.05, 4.69) is 24.2 Å². The lowest BCUT2D eigenvalue weighted by Gasteiger charge is -2.15. The highest BCUT2D eigenvalue weighted by Gasteiger charge is 2.23. The van der Waals surface area contributed by atoms with Crippen molar-refractivity contribution in [3.63, 3.8) is 0 Å². The second-order valence-corrected chi connectivity index (χ2v) is 8.38. The first-order valence-electron chi connectivity index (χ1n) is 9.69. The summed E-state index contributed by atoms with van der Waals surface area (Å²) in [7, 11) is 3.37. The van der Waals surface area contributed by atoms with Gasteiger partial charge in [0, 0.05) is 11.9 Å². The van der Waals surface area contributed by atoms with Crippen LogP contribution in [-0.4, -0.2) is 42.5 Å². The Kier molecular flexibility index (Phi) is 7.42. The Morgan fingerprint density at radius 3 is 2.70 bits per heavy atom. The smallest absolute Gasteiger partial charge is 0.350 e. The molecule has 0 spiro atoms. The molecule has 0 radical (unpaired) electrons. The Bertz CT molecular complexity index is 1070. The van der Waals surface area contributed by atoms with Crippen LogP contribution in [-0.2, 0) is 11.3 Å². The topological polar surface area (TPSA) is 71.5 Å². The van der Waals surface area contributed by atoms with Gasteiger partial charge >= 0.3 is 5.97 Å². The van der Waals surface area contributed by atoms with Crippen molar-refractivity contribution in [3.8, 4) is 0 Å². The lowest BCUT2D eigenvalue weighted by atomic mass is 10.2. The molecule has 0 unspecified atom stereocenters. The average Bonchev–Trinajstić information content (AvgIpc) is 3.09. The number of rotatable bonds is 8. The van der Waals surface area contributed by atoms with Gasteiger partial charge in [0.05, 0.1) is 29.1 Å². The van der Waals surface area contributed by atoms with E-state index in [1.165, 1.54) is 18.4 Å². The number of unbranched alkanes of at least 4 members (excludes halogenated alkanes) is 1. The highest BCUT2D eigenvalue weighted by molar-refractivity contribution is 7.21. The summed E-state index contributed by atoms with van der Waals surface area (Å²) < 4.78 is 4.91. The predicted molar refractivity (Wildman–Crippen MR) is 122 cm³/mol. The van der Waals surface area contributed by atoms with Crippen LogP contribution in [0.25, 0.3) is 10.2 Å². The van der Waals surface area contributed by atoms with Crippen LogP contribution in [0.15, 0.2) is 36.4 Å². The van der Waals surface area contributed by atoms with E-state index in [1.807, 2.05) is 12.1 Å². The molecule has 0 saturated heterocycles. The van der Waals surface area contributed by atoms with Crippen LogP contribution in [0.5, 0.6) is 0 Å². The molecule has 0 bridgehead atoms. The zero-order valence-corrected chi connectivity index (χ0v) is 18.8. The van der Waals surface area contributed by atoms with E-state index >= 15 is 0 Å². The molecule has 0 saturated carbocycles. The van der Waals surface area contributed by atoms with Crippen LogP contribution in [0, 0.1) is 0 Å². The van der Waals surface area contributed by atoms with Crippen molar-refractivity contribution >= 4 is 50.7 Å². The highest BCUT2D eigenvalue weighted by Crippen LogP contribution is 2.36. The Morgan fingerprint density at radius 2 is 2.00 bits per heavy atom. The maximum atomic E-state index is 12.8. The molecule has 2 heterocycles. The lowest BCUT2D eigenvalue weighted by molar-refractivity contribution is 0.0607. The average molecular weight is 446 g/mol. The molecular formula is C22H24ClN3O3S. The molecule has 30 heavy (non-hydrogen) atoms. The minimum atomic E-state index is -0.519. The third-order valence-electron chi connectivity index (χ3n) is 4.67. The number of pyridine rings is 1. The fraction of sp³-hybridized carbons (Fsp3) is 0.318. The summed E-state index contributed by atoms with van der Waals surface area (Å²) in [6, 6.07) is 10.6. The second-order valence-electron chi connectivity index (χ2n) is 6.98. The fourth-order valence-corrected chi connectivity index (χ4v) is 4.36. The predicted octanol–water partition coefficient (Wildman–Crippen LogP) is 5.22. The van der Waals surface area contributed by atoms with Gasteiger partial charge in [0.1, 0.15) is 9.71 Å². The van der Waals surface area contributed by atoms with Gasteiger partial charge in [0.25, 0.3) is 5.91 Å². The zero-order valence-electron chi connectivity index (χ0n) is 17.2. The third kappa shape index (κ3) is 4.98. The summed E-state index contributed by atoms with van der Waals surface area (Å²) in [6.45, 7) is 3.87. The summed E-state index contributed by atoms with van der Waals surface area (Å²) in [5.74, 6) is -0.914. The molecule has 158 valence electrons. The van der Waals surface area contributed by atoms with Crippen LogP contribution in [0.3, 0.4) is 0 Å². The first kappa shape index (κ1) is 22.2. The molecular weight excluding hydrogens is 422 g/mol. The second kappa shape index (κ2) is 10.0. The number of nitrogens with one attached hydrogen (secondary N) is 1. The van der Waals surface area contributed by atoms with E-state index in [9.17, 15) is 9.59 Å². The van der Waals surface area contributed by atoms with Gasteiger partial charge in [-0.25, -0.2) is 9.78 Å². The summed E-state index contributed by atoms with van der Waals surface area (Å²) in [4.78, 5) is 33.0. The molecule has 3 aromatic rings. The quantitative estimate of drug-likeness (QED) is 0.481. The molecule has 2 aromatic heterocycles. The van der Waals surface area contributed by atoms with Gasteiger partial charge in [-0.2, -0.15) is 0 Å². The maximum absolute atomic E-state index is 12.8. The van der Waals surface area contributed by atoms with Crippen LogP contribution in [0.4, 0.5) is 5.69 Å². The SMILES string of the molecule is CCCCN(C)Cc1ccc2c(NC(=O)c3ccccc3Cl)c(C(=O)OC)sc2n1. The summed E-state index contributed by atoms with van der Waals surface area (Å²) >= 11 is 7.35. The van der Waals surface area contributed by atoms with Crippen LogP contribution in [0.1, 0.15) is 45.5 Å². The van der Waals surface area contributed by atoms with Gasteiger partial charge in [-0.1, -0.05) is 37.1 Å². The molecule has 0 aliphatic carbocycles. The van der Waals surface area contributed by atoms with Crippen molar-refractivity contribution in [2.45, 2.75) is 26.3 Å². The monoisotopic (exact) mass is 445 g/mol. The molecule has 1 amide bonds. The van der Waals surface area contributed by atoms with E-state index in [4.69, 9.17) is 21.3 Å². The molecule has 0 atom stereocenters. The number of carbonyl (C=O) groups is 2. The molecule has 1 aromatic carbocycles. The number of ether oxygens (including phenoxy) is 1. The number of carbonyl (C=O) groups excluding carboxylic acids is 2. The normalized spacial score (nSPS) is 11.1. The third-order valence-corrected chi connectivity index (χ3v) is 6.08. The minimum absolute atomic E-state index is 0.303. The Hall–Kier alpha value is -2.48. The van der Waals surface area contributed by atoms with E-state index in [1.54, 1.807) is 24.3 Å². The number of aromatic nitrogens is 1. The standard InChI is InChI=1S/C22H24ClN3O3S/c1-4-5-12-26(2)13-14-10-11-16-18(19(22(28)29-3)30-21(16)24-14)25-20(27)15-8-6-7-9-17(15)23/h6-11H,4-5,12-13H2,1-3H3,(H,25,27). The number of anilines is 1. The summed E-state index contributed by atoms with van der Waals surface area (Å²) in [5, 5.41) is 3.86. The first-order valence-corrected chi connectivity index (χ1v) is 10.9. The molecule has 8 heteroatoms. The number of nitrogens with zero attached hydrogens (tertiary/aromatic N) is 2. The fourth-order valence-electron chi connectivity index (χ4n) is 3.08. The molecule has 1 N–H and O–H groups in total. The number of amides is 1. The number of benzene rings is 1. The van der Waals surface area contributed by atoms with Crippen molar-refractivity contribution in [1.29, 1.82) is 0 Å². The van der Waals surface area contributed by atoms with Crippen LogP contribution >= 0.6 is 22.9 Å². The molecule has 0 aliphatic rings. The van der Waals surface area contributed by atoms with E-state index in [-0.39, 0.29) is 0 Å². The summed E-state index contributed by atoms with van der Waals surface area (Å²) in [6.07, 6.45) is 2.27. The van der Waals surface area contributed by atoms with Crippen LogP contribution < -0.4 is 5.32 Å². The highest BCUT2D eigenvalue weighted by atomic mass is 35.5. The Balaban J connectivity index is 1.95. The Morgan fingerprint density at radius 1 is 1.23 bits per heavy atom. The van der Waals surface area contributed by atoms with Crippen molar-refractivity contribution < 1.29 is 14.3 Å². The number of thiophene rings is 1. The van der Waals surface area contributed by atoms with Crippen molar-refractivity contribution in [2.24, 2.45) is 0 Å². The molecule has 0 fully saturated rings. The number of methoxy groups -OCH3 is 1. The van der Waals surface area contributed by atoms with Gasteiger partial charge in [-0.05, 0) is 44.3 Å². The zero-order chi connectivity index (χ0) is 21.7. The number of halogens is 1. The van der Waals surface area contributed by atoms with Gasteiger partial charge in [0.2, 0.25) is 0 Å². The Labute approximate surface area is 184 Å². The van der Waals surface area contributed by atoms with Crippen molar-refractivity contribution in [2.75, 3.05) is 26.0 Å². The van der Waals surface area contributed by atoms with Crippen molar-refractivity contribution in [3.05, 3.63) is 57.6 Å². The van der Waals surface area contributed by atoms with E-state index < -0.39 is 11.9 Å². The number of hydrogen-bond acceptors (Lipinski definition) is 6. The molecule has 3 rings (SSSR count). The number of fused-ring (bicyclic) bond motifs is 1. The van der Waals surface area contributed by atoms with Gasteiger partial charge in [0.15, 0.2) is 0 Å². The van der Waals surface area contributed by atoms with Gasteiger partial charge in [-0.15, -0.1) is 11.3 Å². The number of esters is 1. The first-order chi connectivity index (χ1) is 14.4. The van der Waals surface area contributed by atoms with E-state index in [0.717, 1.165) is 25.1 Å². The molecule has 0 aliphatic heterocycles. The van der Waals surface area contributed by atoms with Crippen molar-refractivity contribution in [1.82, 2.24) is 9.88 Å². The van der Waals surface area contributed by atoms with Gasteiger partial charge < -0.3 is 15.0 Å². The number of hydrogen-bond donors (Lipinski definition) is 1. The molecule has 6 nitrogen and oxygen atoms in total. The maximum Gasteiger partial charge on any atom is 0.350 e. The summed E-state index contributed by atoms with van der Waals surface area (Å²) in [5.41, 5.74) is 1.63. The lowest BCUT2D eigenvalue weighted by Crippen LogP contribution is -2.19. The van der Waals surface area contributed by atoms with E-state index in [0.29, 0.717) is 37.9 Å². The minimum Gasteiger partial charge on any atom is -0.465 e. The van der Waals surface area contributed by atoms with Gasteiger partial charge in [-0.3, -0.25) is 4.79 Å².